The first-order chi connectivity index (χ1) is 10.2. The summed E-state index contributed by atoms with van der Waals surface area (Å²) in [4.78, 5) is 2.48. The molecule has 21 heavy (non-hydrogen) atoms. The second kappa shape index (κ2) is 10.1. The van der Waals surface area contributed by atoms with Gasteiger partial charge < -0.3 is 10.2 Å². The van der Waals surface area contributed by atoms with Crippen LogP contribution in [0.2, 0.25) is 5.02 Å². The normalized spacial score (nSPS) is 11.1. The minimum atomic E-state index is 0.750. The van der Waals surface area contributed by atoms with Crippen LogP contribution in [0.25, 0.3) is 0 Å². The molecule has 0 heterocycles. The number of rotatable bonds is 10. The van der Waals surface area contributed by atoms with E-state index in [4.69, 9.17) is 11.6 Å². The van der Waals surface area contributed by atoms with Crippen LogP contribution in [0.5, 0.6) is 0 Å². The van der Waals surface area contributed by atoms with E-state index in [1.165, 1.54) is 24.1 Å². The summed E-state index contributed by atoms with van der Waals surface area (Å²) in [6.45, 7) is 13.0. The van der Waals surface area contributed by atoms with E-state index in [9.17, 15) is 0 Å². The van der Waals surface area contributed by atoms with E-state index < -0.39 is 0 Å². The lowest BCUT2D eigenvalue weighted by atomic mass is 10.0. The smallest absolute Gasteiger partial charge is 0.0471 e. The Morgan fingerprint density at radius 1 is 1.14 bits per heavy atom. The molecule has 0 saturated carbocycles. The number of halogens is 1. The molecule has 0 aliphatic heterocycles. The maximum absolute atomic E-state index is 6.45. The van der Waals surface area contributed by atoms with Gasteiger partial charge in [-0.1, -0.05) is 51.3 Å². The van der Waals surface area contributed by atoms with Gasteiger partial charge in [-0.25, -0.2) is 0 Å². The van der Waals surface area contributed by atoms with Crippen LogP contribution in [-0.2, 0) is 6.54 Å². The van der Waals surface area contributed by atoms with E-state index in [0.717, 1.165) is 43.5 Å². The number of anilines is 1. The van der Waals surface area contributed by atoms with E-state index in [2.05, 4.69) is 50.0 Å². The minimum absolute atomic E-state index is 0.750. The lowest BCUT2D eigenvalue weighted by molar-refractivity contribution is 0.485. The molecule has 0 bridgehead atoms. The average Bonchev–Trinajstić information content (AvgIpc) is 2.50. The third-order valence-electron chi connectivity index (χ3n) is 4.18. The number of nitrogens with zero attached hydrogens (tertiary/aromatic N) is 1. The third kappa shape index (κ3) is 5.52. The molecule has 1 N–H and O–H groups in total. The topological polar surface area (TPSA) is 15.3 Å². The second-order valence-corrected chi connectivity index (χ2v) is 6.04. The van der Waals surface area contributed by atoms with Crippen LogP contribution in [0.4, 0.5) is 5.69 Å². The first-order valence-corrected chi connectivity index (χ1v) is 8.78. The molecule has 120 valence electrons. The molecule has 0 aliphatic carbocycles. The van der Waals surface area contributed by atoms with Gasteiger partial charge >= 0.3 is 0 Å². The molecule has 1 aromatic carbocycles. The number of hydrogen-bond acceptors (Lipinski definition) is 2. The summed E-state index contributed by atoms with van der Waals surface area (Å²) in [7, 11) is 0. The van der Waals surface area contributed by atoms with E-state index in [0.29, 0.717) is 0 Å². The maximum Gasteiger partial charge on any atom is 0.0471 e. The van der Waals surface area contributed by atoms with Gasteiger partial charge in [0, 0.05) is 35.9 Å². The van der Waals surface area contributed by atoms with Crippen LogP contribution in [-0.4, -0.2) is 19.6 Å². The molecular formula is C18H31ClN2. The highest BCUT2D eigenvalue weighted by Gasteiger charge is 2.15. The van der Waals surface area contributed by atoms with Crippen molar-refractivity contribution in [3.8, 4) is 0 Å². The van der Waals surface area contributed by atoms with Crippen molar-refractivity contribution in [1.82, 2.24) is 5.32 Å². The molecule has 0 unspecified atom stereocenters. The van der Waals surface area contributed by atoms with Gasteiger partial charge in [0.25, 0.3) is 0 Å². The van der Waals surface area contributed by atoms with E-state index in [1.807, 2.05) is 6.07 Å². The molecular weight excluding hydrogens is 280 g/mol. The standard InChI is InChI=1S/C18H31ClN2/c1-5-12-20-13-16-17(19)10-9-11-18(16)21(8-4)14-15(6-2)7-3/h9-11,15,20H,5-8,12-14H2,1-4H3. The molecule has 0 aliphatic rings. The van der Waals surface area contributed by atoms with Crippen molar-refractivity contribution in [1.29, 1.82) is 0 Å². The van der Waals surface area contributed by atoms with Crippen molar-refractivity contribution < 1.29 is 0 Å². The summed E-state index contributed by atoms with van der Waals surface area (Å²) in [6.07, 6.45) is 3.61. The zero-order valence-electron chi connectivity index (χ0n) is 14.1. The highest BCUT2D eigenvalue weighted by atomic mass is 35.5. The summed E-state index contributed by atoms with van der Waals surface area (Å²) in [5.74, 6) is 0.750. The molecule has 1 rings (SSSR count). The fraction of sp³-hybridized carbons (Fsp3) is 0.667. The largest absolute Gasteiger partial charge is 0.371 e. The van der Waals surface area contributed by atoms with Gasteiger partial charge in [0.05, 0.1) is 0 Å². The van der Waals surface area contributed by atoms with Crippen molar-refractivity contribution >= 4 is 17.3 Å². The van der Waals surface area contributed by atoms with Crippen LogP contribution < -0.4 is 10.2 Å². The van der Waals surface area contributed by atoms with Crippen molar-refractivity contribution in [3.05, 3.63) is 28.8 Å². The van der Waals surface area contributed by atoms with Crippen LogP contribution in [0, 0.1) is 5.92 Å². The number of benzene rings is 1. The van der Waals surface area contributed by atoms with E-state index in [-0.39, 0.29) is 0 Å². The predicted octanol–water partition coefficient (Wildman–Crippen LogP) is 5.10. The van der Waals surface area contributed by atoms with Crippen LogP contribution in [0.15, 0.2) is 18.2 Å². The highest BCUT2D eigenvalue weighted by molar-refractivity contribution is 6.31. The summed E-state index contributed by atoms with van der Waals surface area (Å²) >= 11 is 6.45. The quantitative estimate of drug-likeness (QED) is 0.605. The van der Waals surface area contributed by atoms with Gasteiger partial charge in [-0.2, -0.15) is 0 Å². The van der Waals surface area contributed by atoms with Crippen LogP contribution in [0.1, 0.15) is 52.5 Å². The van der Waals surface area contributed by atoms with Crippen molar-refractivity contribution in [3.63, 3.8) is 0 Å². The molecule has 2 nitrogen and oxygen atoms in total. The fourth-order valence-electron chi connectivity index (χ4n) is 2.67. The first-order valence-electron chi connectivity index (χ1n) is 8.40. The van der Waals surface area contributed by atoms with Crippen molar-refractivity contribution in [2.24, 2.45) is 5.92 Å². The molecule has 0 atom stereocenters. The molecule has 0 amide bonds. The molecule has 0 saturated heterocycles. The molecule has 3 heteroatoms. The molecule has 0 radical (unpaired) electrons. The van der Waals surface area contributed by atoms with Gasteiger partial charge in [-0.15, -0.1) is 0 Å². The van der Waals surface area contributed by atoms with Gasteiger partial charge in [0.1, 0.15) is 0 Å². The molecule has 0 spiro atoms. The first kappa shape index (κ1) is 18.3. The Morgan fingerprint density at radius 2 is 1.86 bits per heavy atom. The Balaban J connectivity index is 2.94. The van der Waals surface area contributed by atoms with E-state index >= 15 is 0 Å². The second-order valence-electron chi connectivity index (χ2n) is 5.64. The van der Waals surface area contributed by atoms with Gasteiger partial charge in [0.2, 0.25) is 0 Å². The maximum atomic E-state index is 6.45. The molecule has 0 aromatic heterocycles. The zero-order chi connectivity index (χ0) is 15.7. The van der Waals surface area contributed by atoms with Crippen molar-refractivity contribution in [2.75, 3.05) is 24.5 Å². The van der Waals surface area contributed by atoms with Gasteiger partial charge in [-0.05, 0) is 37.9 Å². The summed E-state index contributed by atoms with van der Waals surface area (Å²) < 4.78 is 0. The average molecular weight is 311 g/mol. The highest BCUT2D eigenvalue weighted by Crippen LogP contribution is 2.28. The Morgan fingerprint density at radius 3 is 2.43 bits per heavy atom. The van der Waals surface area contributed by atoms with Crippen LogP contribution >= 0.6 is 11.6 Å². The zero-order valence-corrected chi connectivity index (χ0v) is 14.8. The number of nitrogens with one attached hydrogen (secondary N) is 1. The number of hydrogen-bond donors (Lipinski definition) is 1. The Bertz CT molecular complexity index is 402. The van der Waals surface area contributed by atoms with Gasteiger partial charge in [-0.3, -0.25) is 0 Å². The predicted molar refractivity (Wildman–Crippen MR) is 95.4 cm³/mol. The SMILES string of the molecule is CCCNCc1c(Cl)cccc1N(CC)CC(CC)CC. The van der Waals surface area contributed by atoms with Crippen molar-refractivity contribution in [2.45, 2.75) is 53.5 Å². The van der Waals surface area contributed by atoms with Gasteiger partial charge in [0.15, 0.2) is 0 Å². The molecule has 1 aromatic rings. The van der Waals surface area contributed by atoms with E-state index in [1.54, 1.807) is 0 Å². The summed E-state index contributed by atoms with van der Waals surface area (Å²) in [5, 5.41) is 4.36. The third-order valence-corrected chi connectivity index (χ3v) is 4.53. The lowest BCUT2D eigenvalue weighted by Gasteiger charge is -2.30. The van der Waals surface area contributed by atoms with Crippen LogP contribution in [0.3, 0.4) is 0 Å². The fourth-order valence-corrected chi connectivity index (χ4v) is 2.90. The Labute approximate surface area is 135 Å². The monoisotopic (exact) mass is 310 g/mol. The minimum Gasteiger partial charge on any atom is -0.371 e. The molecule has 0 fully saturated rings. The Hall–Kier alpha value is -0.730. The Kier molecular flexibility index (Phi) is 8.79. The summed E-state index contributed by atoms with van der Waals surface area (Å²) in [5.41, 5.74) is 2.53. The summed E-state index contributed by atoms with van der Waals surface area (Å²) in [6, 6.07) is 6.27. The lowest BCUT2D eigenvalue weighted by Crippen LogP contribution is -2.30.